The van der Waals surface area contributed by atoms with Gasteiger partial charge in [-0.1, -0.05) is 46.6 Å². The molecular weight excluding hydrogens is 432 g/mol. The Morgan fingerprint density at radius 3 is 2.55 bits per heavy atom. The lowest BCUT2D eigenvalue weighted by Gasteiger charge is -2.06. The highest BCUT2D eigenvalue weighted by molar-refractivity contribution is 7.22. The summed E-state index contributed by atoms with van der Waals surface area (Å²) in [7, 11) is 0. The molecule has 3 aromatic heterocycles. The van der Waals surface area contributed by atoms with E-state index in [1.165, 1.54) is 16.9 Å². The van der Waals surface area contributed by atoms with E-state index in [4.69, 9.17) is 16.1 Å². The molecule has 0 atom stereocenters. The molecule has 0 aliphatic heterocycles. The van der Waals surface area contributed by atoms with E-state index in [0.29, 0.717) is 33.5 Å². The molecule has 0 N–H and O–H groups in total. The molecule has 31 heavy (non-hydrogen) atoms. The van der Waals surface area contributed by atoms with Crippen molar-refractivity contribution in [3.63, 3.8) is 0 Å². The van der Waals surface area contributed by atoms with Crippen molar-refractivity contribution in [2.45, 2.75) is 20.4 Å². The third kappa shape index (κ3) is 3.66. The molecule has 0 amide bonds. The van der Waals surface area contributed by atoms with Crippen LogP contribution in [0.4, 0.5) is 0 Å². The molecule has 6 nitrogen and oxygen atoms in total. The number of nitrogens with zero attached hydrogens (tertiary/aromatic N) is 4. The van der Waals surface area contributed by atoms with Crippen molar-refractivity contribution in [2.75, 3.05) is 0 Å². The van der Waals surface area contributed by atoms with Crippen molar-refractivity contribution in [1.82, 2.24) is 19.7 Å². The average Bonchev–Trinajstić information content (AvgIpc) is 3.37. The first-order chi connectivity index (χ1) is 15.0. The Labute approximate surface area is 186 Å². The standard InChI is InChI=1S/C23H17ClN4O2S/c1-13-3-5-15(6-4-13)11-28-12-25-22-18(23(28)29)14(2)19(31-22)21-26-20(27-30-21)16-7-9-17(24)10-8-16/h3-10,12H,11H2,1-2H3. The zero-order valence-corrected chi connectivity index (χ0v) is 18.4. The van der Waals surface area contributed by atoms with E-state index in [9.17, 15) is 4.79 Å². The van der Waals surface area contributed by atoms with Crippen LogP contribution in [-0.4, -0.2) is 19.7 Å². The van der Waals surface area contributed by atoms with Crippen molar-refractivity contribution in [1.29, 1.82) is 0 Å². The number of hydrogen-bond acceptors (Lipinski definition) is 6. The largest absolute Gasteiger partial charge is 0.333 e. The third-order valence-corrected chi connectivity index (χ3v) is 6.55. The maximum atomic E-state index is 13.2. The molecule has 5 rings (SSSR count). The summed E-state index contributed by atoms with van der Waals surface area (Å²) in [5.74, 6) is 0.836. The van der Waals surface area contributed by atoms with E-state index in [1.54, 1.807) is 23.0 Å². The molecule has 0 saturated heterocycles. The number of thiophene rings is 1. The van der Waals surface area contributed by atoms with Gasteiger partial charge < -0.3 is 4.52 Å². The Bertz CT molecular complexity index is 1450. The van der Waals surface area contributed by atoms with Crippen LogP contribution in [0.3, 0.4) is 0 Å². The number of aromatic nitrogens is 4. The average molecular weight is 449 g/mol. The van der Waals surface area contributed by atoms with Gasteiger partial charge in [0, 0.05) is 10.6 Å². The molecule has 3 heterocycles. The number of rotatable bonds is 4. The van der Waals surface area contributed by atoms with Crippen LogP contribution in [-0.2, 0) is 6.54 Å². The predicted molar refractivity (Wildman–Crippen MR) is 123 cm³/mol. The lowest BCUT2D eigenvalue weighted by Crippen LogP contribution is -2.21. The summed E-state index contributed by atoms with van der Waals surface area (Å²) in [6.45, 7) is 4.39. The van der Waals surface area contributed by atoms with Crippen LogP contribution in [0.25, 0.3) is 32.4 Å². The molecule has 0 bridgehead atoms. The number of hydrogen-bond donors (Lipinski definition) is 0. The molecule has 8 heteroatoms. The van der Waals surface area contributed by atoms with Gasteiger partial charge in [0.05, 0.1) is 23.1 Å². The van der Waals surface area contributed by atoms with Gasteiger partial charge >= 0.3 is 0 Å². The minimum absolute atomic E-state index is 0.0805. The molecule has 2 aromatic carbocycles. The highest BCUT2D eigenvalue weighted by Gasteiger charge is 2.20. The van der Waals surface area contributed by atoms with Crippen molar-refractivity contribution < 1.29 is 4.52 Å². The SMILES string of the molecule is Cc1ccc(Cn2cnc3sc(-c4nc(-c5ccc(Cl)cc5)no4)c(C)c3c2=O)cc1. The molecule has 5 aromatic rings. The molecule has 0 fully saturated rings. The molecule has 0 spiro atoms. The minimum atomic E-state index is -0.0805. The maximum absolute atomic E-state index is 13.2. The first kappa shape index (κ1) is 19.7. The van der Waals surface area contributed by atoms with Crippen molar-refractivity contribution in [3.8, 4) is 22.2 Å². The summed E-state index contributed by atoms with van der Waals surface area (Å²) in [6, 6.07) is 15.3. The Kier molecular flexibility index (Phi) is 4.92. The Hall–Kier alpha value is -3.29. The fourth-order valence-electron chi connectivity index (χ4n) is 3.40. The minimum Gasteiger partial charge on any atom is -0.333 e. The highest BCUT2D eigenvalue weighted by Crippen LogP contribution is 2.35. The van der Waals surface area contributed by atoms with Crippen LogP contribution in [0.5, 0.6) is 0 Å². The fraction of sp³-hybridized carbons (Fsp3) is 0.130. The second kappa shape index (κ2) is 7.76. The zero-order chi connectivity index (χ0) is 21.5. The molecule has 0 aliphatic rings. The Balaban J connectivity index is 1.53. The topological polar surface area (TPSA) is 73.8 Å². The van der Waals surface area contributed by atoms with Crippen LogP contribution in [0, 0.1) is 13.8 Å². The second-order valence-electron chi connectivity index (χ2n) is 7.33. The van der Waals surface area contributed by atoms with Gasteiger partial charge in [0.15, 0.2) is 0 Å². The molecule has 0 aliphatic carbocycles. The van der Waals surface area contributed by atoms with Gasteiger partial charge in [0.2, 0.25) is 5.82 Å². The lowest BCUT2D eigenvalue weighted by atomic mass is 10.1. The molecule has 0 radical (unpaired) electrons. The normalized spacial score (nSPS) is 11.3. The summed E-state index contributed by atoms with van der Waals surface area (Å²) in [5, 5.41) is 5.30. The molecule has 154 valence electrons. The number of benzene rings is 2. The monoisotopic (exact) mass is 448 g/mol. The van der Waals surface area contributed by atoms with Crippen LogP contribution >= 0.6 is 22.9 Å². The van der Waals surface area contributed by atoms with Gasteiger partial charge in [-0.05, 0) is 49.2 Å². The fourth-order valence-corrected chi connectivity index (χ4v) is 4.58. The van der Waals surface area contributed by atoms with Gasteiger partial charge in [0.1, 0.15) is 4.83 Å². The quantitative estimate of drug-likeness (QED) is 0.363. The zero-order valence-electron chi connectivity index (χ0n) is 16.8. The Morgan fingerprint density at radius 2 is 1.81 bits per heavy atom. The van der Waals surface area contributed by atoms with Gasteiger partial charge in [-0.2, -0.15) is 4.98 Å². The summed E-state index contributed by atoms with van der Waals surface area (Å²) < 4.78 is 7.13. The molecule has 0 saturated carbocycles. The van der Waals surface area contributed by atoms with E-state index in [2.05, 4.69) is 15.1 Å². The van der Waals surface area contributed by atoms with E-state index in [-0.39, 0.29) is 5.56 Å². The third-order valence-electron chi connectivity index (χ3n) is 5.11. The number of halogens is 1. The number of aryl methyl sites for hydroxylation is 2. The second-order valence-corrected chi connectivity index (χ2v) is 8.77. The van der Waals surface area contributed by atoms with Crippen LogP contribution in [0.1, 0.15) is 16.7 Å². The van der Waals surface area contributed by atoms with E-state index in [0.717, 1.165) is 21.6 Å². The maximum Gasteiger partial charge on any atom is 0.268 e. The van der Waals surface area contributed by atoms with E-state index in [1.807, 2.05) is 50.2 Å². The Morgan fingerprint density at radius 1 is 1.06 bits per heavy atom. The van der Waals surface area contributed by atoms with E-state index >= 15 is 0 Å². The summed E-state index contributed by atoms with van der Waals surface area (Å²) in [4.78, 5) is 23.6. The lowest BCUT2D eigenvalue weighted by molar-refractivity contribution is 0.433. The van der Waals surface area contributed by atoms with Crippen molar-refractivity contribution >= 4 is 33.2 Å². The van der Waals surface area contributed by atoms with Gasteiger partial charge in [-0.25, -0.2) is 4.98 Å². The summed E-state index contributed by atoms with van der Waals surface area (Å²) in [5.41, 5.74) is 3.74. The molecular formula is C23H17ClN4O2S. The molecule has 0 unspecified atom stereocenters. The first-order valence-electron chi connectivity index (χ1n) is 9.64. The van der Waals surface area contributed by atoms with Gasteiger partial charge in [0.25, 0.3) is 11.4 Å². The van der Waals surface area contributed by atoms with Gasteiger partial charge in [-0.15, -0.1) is 11.3 Å². The van der Waals surface area contributed by atoms with Crippen molar-refractivity contribution in [3.05, 3.63) is 86.9 Å². The van der Waals surface area contributed by atoms with Crippen molar-refractivity contribution in [2.24, 2.45) is 0 Å². The predicted octanol–water partition coefficient (Wildman–Crippen LogP) is 5.49. The van der Waals surface area contributed by atoms with Gasteiger partial charge in [-0.3, -0.25) is 9.36 Å². The highest BCUT2D eigenvalue weighted by atomic mass is 35.5. The summed E-state index contributed by atoms with van der Waals surface area (Å²) >= 11 is 7.33. The van der Waals surface area contributed by atoms with E-state index < -0.39 is 0 Å². The number of fused-ring (bicyclic) bond motifs is 1. The van der Waals surface area contributed by atoms with Crippen LogP contribution in [0.2, 0.25) is 5.02 Å². The summed E-state index contributed by atoms with van der Waals surface area (Å²) in [6.07, 6.45) is 1.59. The van der Waals surface area contributed by atoms with Crippen LogP contribution < -0.4 is 5.56 Å². The van der Waals surface area contributed by atoms with Crippen LogP contribution in [0.15, 0.2) is 64.2 Å². The first-order valence-corrected chi connectivity index (χ1v) is 10.8. The smallest absolute Gasteiger partial charge is 0.268 e.